The number of aliphatic hydroxyl groups is 1. The Kier molecular flexibility index (Phi) is 4.49. The van der Waals surface area contributed by atoms with Crippen molar-refractivity contribution in [3.05, 3.63) is 29.8 Å². The zero-order valence-electron chi connectivity index (χ0n) is 12.5. The van der Waals surface area contributed by atoms with E-state index in [1.807, 2.05) is 12.1 Å². The third-order valence-corrected chi connectivity index (χ3v) is 3.82. The molecule has 1 heterocycles. The fourth-order valence-electron chi connectivity index (χ4n) is 2.74. The predicted molar refractivity (Wildman–Crippen MR) is 80.8 cm³/mol. The van der Waals surface area contributed by atoms with Crippen molar-refractivity contribution in [1.29, 1.82) is 5.26 Å². The monoisotopic (exact) mass is 287 g/mol. The van der Waals surface area contributed by atoms with Crippen LogP contribution in [0.4, 0.5) is 10.5 Å². The van der Waals surface area contributed by atoms with E-state index < -0.39 is 5.60 Å². The summed E-state index contributed by atoms with van der Waals surface area (Å²) in [6.07, 6.45) is 2.09. The van der Waals surface area contributed by atoms with Gasteiger partial charge in [0.25, 0.3) is 0 Å². The molecule has 0 spiro atoms. The average Bonchev–Trinajstić information content (AvgIpc) is 2.90. The lowest BCUT2D eigenvalue weighted by Gasteiger charge is -2.33. The summed E-state index contributed by atoms with van der Waals surface area (Å²) in [5, 5.41) is 21.6. The van der Waals surface area contributed by atoms with E-state index in [4.69, 9.17) is 5.26 Å². The summed E-state index contributed by atoms with van der Waals surface area (Å²) in [6.45, 7) is 4.13. The van der Waals surface area contributed by atoms with Crippen LogP contribution in [0.3, 0.4) is 0 Å². The lowest BCUT2D eigenvalue weighted by Crippen LogP contribution is -2.49. The predicted octanol–water partition coefficient (Wildman–Crippen LogP) is 2.52. The van der Waals surface area contributed by atoms with Crippen LogP contribution in [0.1, 0.15) is 32.3 Å². The number of likely N-dealkylation sites (tertiary alicyclic amines) is 1. The second-order valence-electron chi connectivity index (χ2n) is 5.97. The summed E-state index contributed by atoms with van der Waals surface area (Å²) >= 11 is 0. The standard InChI is InChI=1S/C16H21N3O2/c1-16(2,21)14-4-3-11-19(14)15(20)18-13-7-5-12(6-8-13)9-10-17/h5-8,14,21H,3-4,9,11H2,1-2H3,(H,18,20). The Hall–Kier alpha value is -2.06. The molecule has 1 atom stereocenters. The van der Waals surface area contributed by atoms with Gasteiger partial charge in [-0.3, -0.25) is 0 Å². The van der Waals surface area contributed by atoms with E-state index in [1.165, 1.54) is 0 Å². The van der Waals surface area contributed by atoms with Crippen molar-refractivity contribution >= 4 is 11.7 Å². The number of hydrogen-bond acceptors (Lipinski definition) is 3. The molecule has 1 saturated heterocycles. The van der Waals surface area contributed by atoms with Crippen molar-refractivity contribution in [3.8, 4) is 6.07 Å². The van der Waals surface area contributed by atoms with Crippen LogP contribution < -0.4 is 5.32 Å². The summed E-state index contributed by atoms with van der Waals surface area (Å²) in [7, 11) is 0. The number of hydrogen-bond donors (Lipinski definition) is 2. The van der Waals surface area contributed by atoms with Crippen molar-refractivity contribution in [2.24, 2.45) is 0 Å². The topological polar surface area (TPSA) is 76.4 Å². The van der Waals surface area contributed by atoms with Crippen molar-refractivity contribution in [2.45, 2.75) is 44.8 Å². The van der Waals surface area contributed by atoms with Crippen LogP contribution in [0, 0.1) is 11.3 Å². The molecule has 1 fully saturated rings. The Morgan fingerprint density at radius 1 is 1.48 bits per heavy atom. The lowest BCUT2D eigenvalue weighted by atomic mass is 9.97. The molecule has 0 saturated carbocycles. The largest absolute Gasteiger partial charge is 0.388 e. The first-order chi connectivity index (χ1) is 9.91. The fraction of sp³-hybridized carbons (Fsp3) is 0.500. The smallest absolute Gasteiger partial charge is 0.322 e. The van der Waals surface area contributed by atoms with Gasteiger partial charge in [-0.1, -0.05) is 12.1 Å². The number of amides is 2. The molecule has 0 aliphatic carbocycles. The van der Waals surface area contributed by atoms with Gasteiger partial charge in [-0.05, 0) is 44.4 Å². The van der Waals surface area contributed by atoms with E-state index in [1.54, 1.807) is 30.9 Å². The maximum Gasteiger partial charge on any atom is 0.322 e. The third-order valence-electron chi connectivity index (χ3n) is 3.82. The molecule has 5 nitrogen and oxygen atoms in total. The quantitative estimate of drug-likeness (QED) is 0.896. The van der Waals surface area contributed by atoms with Gasteiger partial charge >= 0.3 is 6.03 Å². The normalized spacial score (nSPS) is 18.4. The number of anilines is 1. The first-order valence-corrected chi connectivity index (χ1v) is 7.17. The summed E-state index contributed by atoms with van der Waals surface area (Å²) in [5.74, 6) is 0. The maximum atomic E-state index is 12.3. The molecule has 5 heteroatoms. The Morgan fingerprint density at radius 3 is 2.71 bits per heavy atom. The summed E-state index contributed by atoms with van der Waals surface area (Å²) in [6, 6.07) is 8.99. The summed E-state index contributed by atoms with van der Waals surface area (Å²) < 4.78 is 0. The van der Waals surface area contributed by atoms with E-state index in [0.717, 1.165) is 18.4 Å². The number of nitrogens with zero attached hydrogens (tertiary/aromatic N) is 2. The Balaban J connectivity index is 2.02. The van der Waals surface area contributed by atoms with Gasteiger partial charge in [0, 0.05) is 12.2 Å². The fourth-order valence-corrected chi connectivity index (χ4v) is 2.74. The van der Waals surface area contributed by atoms with E-state index >= 15 is 0 Å². The SMILES string of the molecule is CC(C)(O)C1CCCN1C(=O)Nc1ccc(CC#N)cc1. The molecule has 2 N–H and O–H groups in total. The van der Waals surface area contributed by atoms with E-state index in [-0.39, 0.29) is 12.1 Å². The molecule has 0 bridgehead atoms. The van der Waals surface area contributed by atoms with Crippen molar-refractivity contribution in [2.75, 3.05) is 11.9 Å². The molecule has 2 rings (SSSR count). The number of nitrogens with one attached hydrogen (secondary N) is 1. The molecule has 112 valence electrons. The van der Waals surface area contributed by atoms with Crippen LogP contribution in [0.15, 0.2) is 24.3 Å². The van der Waals surface area contributed by atoms with E-state index in [0.29, 0.717) is 18.7 Å². The molecule has 1 aromatic carbocycles. The number of urea groups is 1. The van der Waals surface area contributed by atoms with Crippen molar-refractivity contribution < 1.29 is 9.90 Å². The molecular formula is C16H21N3O2. The Morgan fingerprint density at radius 2 is 2.14 bits per heavy atom. The van der Waals surface area contributed by atoms with E-state index in [9.17, 15) is 9.90 Å². The van der Waals surface area contributed by atoms with Gasteiger partial charge in [0.15, 0.2) is 0 Å². The maximum absolute atomic E-state index is 12.3. The van der Waals surface area contributed by atoms with Crippen LogP contribution in [0.2, 0.25) is 0 Å². The first-order valence-electron chi connectivity index (χ1n) is 7.17. The van der Waals surface area contributed by atoms with Crippen LogP contribution in [0.5, 0.6) is 0 Å². The highest BCUT2D eigenvalue weighted by Crippen LogP contribution is 2.27. The van der Waals surface area contributed by atoms with Crippen LogP contribution >= 0.6 is 0 Å². The molecular weight excluding hydrogens is 266 g/mol. The lowest BCUT2D eigenvalue weighted by molar-refractivity contribution is 0.0117. The summed E-state index contributed by atoms with van der Waals surface area (Å²) in [4.78, 5) is 14.0. The highest BCUT2D eigenvalue weighted by Gasteiger charge is 2.38. The number of nitriles is 1. The second kappa shape index (κ2) is 6.15. The van der Waals surface area contributed by atoms with Gasteiger partial charge < -0.3 is 15.3 Å². The van der Waals surface area contributed by atoms with Crippen LogP contribution in [-0.2, 0) is 6.42 Å². The highest BCUT2D eigenvalue weighted by molar-refractivity contribution is 5.89. The Labute approximate surface area is 125 Å². The summed E-state index contributed by atoms with van der Waals surface area (Å²) in [5.41, 5.74) is 0.721. The van der Waals surface area contributed by atoms with Gasteiger partial charge in [0.05, 0.1) is 24.1 Å². The molecule has 1 aliphatic heterocycles. The Bertz CT molecular complexity index is 540. The molecule has 0 radical (unpaired) electrons. The van der Waals surface area contributed by atoms with Crippen molar-refractivity contribution in [1.82, 2.24) is 4.90 Å². The molecule has 21 heavy (non-hydrogen) atoms. The second-order valence-corrected chi connectivity index (χ2v) is 5.97. The minimum Gasteiger partial charge on any atom is -0.388 e. The zero-order valence-corrected chi connectivity index (χ0v) is 12.5. The van der Waals surface area contributed by atoms with Gasteiger partial charge in [-0.15, -0.1) is 0 Å². The van der Waals surface area contributed by atoms with Gasteiger partial charge in [0.1, 0.15) is 0 Å². The molecule has 2 amide bonds. The van der Waals surface area contributed by atoms with E-state index in [2.05, 4.69) is 11.4 Å². The van der Waals surface area contributed by atoms with Crippen LogP contribution in [-0.4, -0.2) is 34.2 Å². The van der Waals surface area contributed by atoms with Gasteiger partial charge in [-0.25, -0.2) is 4.79 Å². The van der Waals surface area contributed by atoms with Crippen LogP contribution in [0.25, 0.3) is 0 Å². The van der Waals surface area contributed by atoms with Gasteiger partial charge in [0.2, 0.25) is 0 Å². The number of carbonyl (C=O) groups excluding carboxylic acids is 1. The van der Waals surface area contributed by atoms with Crippen molar-refractivity contribution in [3.63, 3.8) is 0 Å². The molecule has 0 aromatic heterocycles. The molecule has 1 aliphatic rings. The minimum atomic E-state index is -0.898. The molecule has 1 unspecified atom stereocenters. The average molecular weight is 287 g/mol. The number of rotatable bonds is 3. The minimum absolute atomic E-state index is 0.157. The first kappa shape index (κ1) is 15.3. The zero-order chi connectivity index (χ0) is 15.5. The number of benzene rings is 1. The van der Waals surface area contributed by atoms with Gasteiger partial charge in [-0.2, -0.15) is 5.26 Å². The molecule has 1 aromatic rings. The third kappa shape index (κ3) is 3.73. The highest BCUT2D eigenvalue weighted by atomic mass is 16.3. The number of carbonyl (C=O) groups is 1.